The zero-order valence-electron chi connectivity index (χ0n) is 17.2. The number of benzene rings is 2. The van der Waals surface area contributed by atoms with Crippen molar-refractivity contribution in [3.8, 4) is 5.69 Å². The van der Waals surface area contributed by atoms with Gasteiger partial charge in [0.05, 0.1) is 5.69 Å². The van der Waals surface area contributed by atoms with E-state index in [0.29, 0.717) is 26.2 Å². The van der Waals surface area contributed by atoms with Crippen molar-refractivity contribution in [3.63, 3.8) is 0 Å². The Kier molecular flexibility index (Phi) is 5.52. The van der Waals surface area contributed by atoms with E-state index in [-0.39, 0.29) is 11.6 Å². The van der Waals surface area contributed by atoms with Gasteiger partial charge >= 0.3 is 6.03 Å². The minimum Gasteiger partial charge on any atom is -0.352 e. The molecule has 0 spiro atoms. The number of para-hydroxylation sites is 1. The first kappa shape index (κ1) is 19.7. The lowest BCUT2D eigenvalue weighted by molar-refractivity contribution is 0.208. The van der Waals surface area contributed by atoms with Gasteiger partial charge in [0.15, 0.2) is 0 Å². The van der Waals surface area contributed by atoms with Crippen molar-refractivity contribution in [3.05, 3.63) is 82.1 Å². The fourth-order valence-corrected chi connectivity index (χ4v) is 3.49. The molecule has 1 N–H and O–H groups in total. The summed E-state index contributed by atoms with van der Waals surface area (Å²) in [4.78, 5) is 28.8. The number of anilines is 2. The molecule has 7 nitrogen and oxygen atoms in total. The molecule has 0 radical (unpaired) electrons. The Hall–Kier alpha value is -3.61. The number of aromatic nitrogens is 2. The molecule has 3 aromatic rings. The molecular formula is C23H25N5O2. The highest BCUT2D eigenvalue weighted by Crippen LogP contribution is 2.17. The van der Waals surface area contributed by atoms with E-state index in [4.69, 9.17) is 0 Å². The normalized spacial score (nSPS) is 13.9. The van der Waals surface area contributed by atoms with E-state index in [9.17, 15) is 9.59 Å². The molecule has 1 aromatic heterocycles. The smallest absolute Gasteiger partial charge is 0.321 e. The zero-order chi connectivity index (χ0) is 21.1. The van der Waals surface area contributed by atoms with Crippen LogP contribution in [0, 0.1) is 13.8 Å². The van der Waals surface area contributed by atoms with Gasteiger partial charge in [-0.1, -0.05) is 35.9 Å². The summed E-state index contributed by atoms with van der Waals surface area (Å²) in [6, 6.07) is 18.6. The molecule has 2 heterocycles. The third-order valence-electron chi connectivity index (χ3n) is 5.34. The Labute approximate surface area is 175 Å². The summed E-state index contributed by atoms with van der Waals surface area (Å²) < 4.78 is 1.42. The minimum atomic E-state index is -0.168. The van der Waals surface area contributed by atoms with Crippen LogP contribution in [0.4, 0.5) is 16.3 Å². The average molecular weight is 403 g/mol. The summed E-state index contributed by atoms with van der Waals surface area (Å²) in [6.45, 7) is 6.46. The number of hydrogen-bond donors (Lipinski definition) is 1. The number of carbonyl (C=O) groups excluding carboxylic acids is 1. The second-order valence-electron chi connectivity index (χ2n) is 7.50. The van der Waals surface area contributed by atoms with Crippen LogP contribution in [0.25, 0.3) is 5.69 Å². The largest absolute Gasteiger partial charge is 0.352 e. The van der Waals surface area contributed by atoms with E-state index in [1.807, 2.05) is 62.4 Å². The van der Waals surface area contributed by atoms with Gasteiger partial charge in [-0.15, -0.1) is 5.10 Å². The summed E-state index contributed by atoms with van der Waals surface area (Å²) in [7, 11) is 0. The Morgan fingerprint density at radius 3 is 2.30 bits per heavy atom. The molecule has 1 saturated heterocycles. The molecule has 0 unspecified atom stereocenters. The number of aryl methyl sites for hydroxylation is 2. The minimum absolute atomic E-state index is 0.0958. The molecule has 4 rings (SSSR count). The van der Waals surface area contributed by atoms with Gasteiger partial charge in [0.1, 0.15) is 5.82 Å². The lowest BCUT2D eigenvalue weighted by atomic mass is 10.2. The van der Waals surface area contributed by atoms with Gasteiger partial charge in [0.25, 0.3) is 5.56 Å². The van der Waals surface area contributed by atoms with Crippen LogP contribution in [0.15, 0.2) is 65.5 Å². The highest BCUT2D eigenvalue weighted by atomic mass is 16.2. The number of nitrogens with zero attached hydrogens (tertiary/aromatic N) is 4. The van der Waals surface area contributed by atoms with Gasteiger partial charge in [-0.2, -0.15) is 4.68 Å². The topological polar surface area (TPSA) is 70.5 Å². The summed E-state index contributed by atoms with van der Waals surface area (Å²) in [5, 5.41) is 7.54. The van der Waals surface area contributed by atoms with E-state index in [1.165, 1.54) is 4.68 Å². The van der Waals surface area contributed by atoms with E-state index < -0.39 is 0 Å². The van der Waals surface area contributed by atoms with E-state index in [2.05, 4.69) is 15.3 Å². The van der Waals surface area contributed by atoms with Gasteiger partial charge in [-0.05, 0) is 43.7 Å². The molecule has 1 aliphatic rings. The van der Waals surface area contributed by atoms with Crippen molar-refractivity contribution >= 4 is 17.5 Å². The quantitative estimate of drug-likeness (QED) is 0.729. The second-order valence-corrected chi connectivity index (χ2v) is 7.50. The van der Waals surface area contributed by atoms with Gasteiger partial charge in [0, 0.05) is 37.9 Å². The molecule has 0 aliphatic carbocycles. The Morgan fingerprint density at radius 2 is 1.60 bits per heavy atom. The molecule has 1 aliphatic heterocycles. The molecule has 2 aromatic carbocycles. The van der Waals surface area contributed by atoms with Crippen LogP contribution < -0.4 is 15.8 Å². The summed E-state index contributed by atoms with van der Waals surface area (Å²) in [5.41, 5.74) is 3.56. The number of urea groups is 1. The maximum absolute atomic E-state index is 12.6. The predicted octanol–water partition coefficient (Wildman–Crippen LogP) is 3.20. The number of piperazine rings is 1. The molecule has 0 bridgehead atoms. The first-order valence-electron chi connectivity index (χ1n) is 10.1. The van der Waals surface area contributed by atoms with Crippen LogP contribution in [0.1, 0.15) is 11.1 Å². The predicted molar refractivity (Wildman–Crippen MR) is 119 cm³/mol. The van der Waals surface area contributed by atoms with Gasteiger partial charge in [-0.25, -0.2) is 4.79 Å². The van der Waals surface area contributed by atoms with Crippen molar-refractivity contribution in [1.29, 1.82) is 0 Å². The molecule has 7 heteroatoms. The monoisotopic (exact) mass is 403 g/mol. The number of rotatable bonds is 3. The highest BCUT2D eigenvalue weighted by molar-refractivity contribution is 5.90. The van der Waals surface area contributed by atoms with Crippen molar-refractivity contribution in [2.24, 2.45) is 0 Å². The van der Waals surface area contributed by atoms with Crippen molar-refractivity contribution < 1.29 is 4.79 Å². The van der Waals surface area contributed by atoms with E-state index in [0.717, 1.165) is 28.3 Å². The number of hydrogen-bond acceptors (Lipinski definition) is 4. The van der Waals surface area contributed by atoms with Crippen LogP contribution >= 0.6 is 0 Å². The van der Waals surface area contributed by atoms with Crippen LogP contribution in [0.3, 0.4) is 0 Å². The number of carbonyl (C=O) groups is 1. The van der Waals surface area contributed by atoms with E-state index >= 15 is 0 Å². The average Bonchev–Trinajstić information content (AvgIpc) is 2.76. The third kappa shape index (κ3) is 4.20. The van der Waals surface area contributed by atoms with Crippen LogP contribution in [0.5, 0.6) is 0 Å². The highest BCUT2D eigenvalue weighted by Gasteiger charge is 2.22. The van der Waals surface area contributed by atoms with Crippen LogP contribution in [-0.4, -0.2) is 46.9 Å². The van der Waals surface area contributed by atoms with Crippen LogP contribution in [0.2, 0.25) is 0 Å². The van der Waals surface area contributed by atoms with Crippen LogP contribution in [-0.2, 0) is 0 Å². The lowest BCUT2D eigenvalue weighted by Gasteiger charge is -2.35. The molecule has 0 atom stereocenters. The lowest BCUT2D eigenvalue weighted by Crippen LogP contribution is -2.50. The summed E-state index contributed by atoms with van der Waals surface area (Å²) >= 11 is 0. The van der Waals surface area contributed by atoms with Gasteiger partial charge < -0.3 is 15.1 Å². The molecular weight excluding hydrogens is 378 g/mol. The Morgan fingerprint density at radius 1 is 0.900 bits per heavy atom. The number of nitrogens with one attached hydrogen (secondary N) is 1. The fourth-order valence-electron chi connectivity index (χ4n) is 3.49. The maximum Gasteiger partial charge on any atom is 0.321 e. The standard InChI is InChI=1S/C23H25N5O2/c1-17-7-9-19(10-8-17)28-22(29)12-11-21(25-28)26-13-15-27(16-14-26)23(30)24-20-6-4-3-5-18(20)2/h3-12H,13-16H2,1-2H3,(H,24,30). The first-order valence-corrected chi connectivity index (χ1v) is 10.1. The Balaban J connectivity index is 1.43. The van der Waals surface area contributed by atoms with Crippen molar-refractivity contribution in [2.45, 2.75) is 13.8 Å². The van der Waals surface area contributed by atoms with Gasteiger partial charge in [-0.3, -0.25) is 4.79 Å². The SMILES string of the molecule is Cc1ccc(-n2nc(N3CCN(C(=O)Nc4ccccc4C)CC3)ccc2=O)cc1. The zero-order valence-corrected chi connectivity index (χ0v) is 17.2. The van der Waals surface area contributed by atoms with Crippen molar-refractivity contribution in [1.82, 2.24) is 14.7 Å². The number of amides is 2. The molecule has 2 amide bonds. The van der Waals surface area contributed by atoms with E-state index in [1.54, 1.807) is 17.0 Å². The van der Waals surface area contributed by atoms with Gasteiger partial charge in [0.2, 0.25) is 0 Å². The molecule has 1 fully saturated rings. The molecule has 154 valence electrons. The summed E-state index contributed by atoms with van der Waals surface area (Å²) in [5.74, 6) is 0.731. The fraction of sp³-hybridized carbons (Fsp3) is 0.261. The summed E-state index contributed by atoms with van der Waals surface area (Å²) in [6.07, 6.45) is 0. The molecule has 0 saturated carbocycles. The second kappa shape index (κ2) is 8.41. The molecule has 30 heavy (non-hydrogen) atoms. The Bertz CT molecular complexity index is 1100. The third-order valence-corrected chi connectivity index (χ3v) is 5.34. The van der Waals surface area contributed by atoms with Crippen molar-refractivity contribution in [2.75, 3.05) is 36.4 Å². The maximum atomic E-state index is 12.6. The first-order chi connectivity index (χ1) is 14.5.